The van der Waals surface area contributed by atoms with Crippen molar-refractivity contribution in [3.8, 4) is 0 Å². The third-order valence-corrected chi connectivity index (χ3v) is 1.74. The molecule has 0 unspecified atom stereocenters. The van der Waals surface area contributed by atoms with Gasteiger partial charge in [-0.2, -0.15) is 4.98 Å². The maximum atomic E-state index is 11.4. The highest BCUT2D eigenvalue weighted by molar-refractivity contribution is 5.94. The summed E-state index contributed by atoms with van der Waals surface area (Å²) in [5.41, 5.74) is 4.85. The van der Waals surface area contributed by atoms with Crippen molar-refractivity contribution in [1.82, 2.24) is 15.5 Å². The molecule has 9 heteroatoms. The second-order valence-electron chi connectivity index (χ2n) is 3.17. The van der Waals surface area contributed by atoms with Gasteiger partial charge >= 0.3 is 5.97 Å². The number of carboxylic acids is 1. The van der Waals surface area contributed by atoms with Crippen LogP contribution in [0, 0.1) is 6.92 Å². The molecule has 1 heterocycles. The van der Waals surface area contributed by atoms with Gasteiger partial charge in [-0.1, -0.05) is 5.16 Å². The lowest BCUT2D eigenvalue weighted by Gasteiger charge is -2.10. The third-order valence-electron chi connectivity index (χ3n) is 1.74. The smallest absolute Gasteiger partial charge is 0.326 e. The van der Waals surface area contributed by atoms with Gasteiger partial charge in [0, 0.05) is 6.92 Å². The van der Waals surface area contributed by atoms with Gasteiger partial charge < -0.3 is 20.7 Å². The fraction of sp³-hybridized carbons (Fsp3) is 0.375. The van der Waals surface area contributed by atoms with Crippen molar-refractivity contribution in [2.24, 2.45) is 5.73 Å². The average molecular weight is 242 g/mol. The number of primary amides is 1. The van der Waals surface area contributed by atoms with Crippen molar-refractivity contribution in [2.75, 3.05) is 0 Å². The van der Waals surface area contributed by atoms with E-state index < -0.39 is 30.2 Å². The molecule has 0 saturated carbocycles. The summed E-state index contributed by atoms with van der Waals surface area (Å²) in [6, 6.07) is -1.42. The highest BCUT2D eigenvalue weighted by Gasteiger charge is 2.24. The molecule has 0 aromatic carbocycles. The number of amides is 2. The zero-order valence-electron chi connectivity index (χ0n) is 8.84. The highest BCUT2D eigenvalue weighted by atomic mass is 16.5. The molecular formula is C8H10N4O5. The Labute approximate surface area is 95.0 Å². The Bertz CT molecular complexity index is 455. The van der Waals surface area contributed by atoms with Gasteiger partial charge in [0.15, 0.2) is 0 Å². The van der Waals surface area contributed by atoms with E-state index in [1.54, 1.807) is 0 Å². The number of hydrogen-bond acceptors (Lipinski definition) is 6. The number of carbonyl (C=O) groups is 3. The van der Waals surface area contributed by atoms with Crippen molar-refractivity contribution in [1.29, 1.82) is 0 Å². The number of carboxylic acid groups (broad SMARTS) is 1. The molecule has 1 rings (SSSR count). The van der Waals surface area contributed by atoms with Crippen LogP contribution in [0.4, 0.5) is 0 Å². The molecule has 0 fully saturated rings. The van der Waals surface area contributed by atoms with Crippen LogP contribution in [-0.4, -0.2) is 39.1 Å². The Morgan fingerprint density at radius 3 is 2.59 bits per heavy atom. The maximum absolute atomic E-state index is 11.4. The predicted octanol–water partition coefficient (Wildman–Crippen LogP) is -1.56. The van der Waals surface area contributed by atoms with Crippen LogP contribution < -0.4 is 11.1 Å². The zero-order valence-corrected chi connectivity index (χ0v) is 8.84. The zero-order chi connectivity index (χ0) is 13.0. The SMILES string of the molecule is Cc1nc(C(=O)N[C@@H](CC(N)=O)C(=O)O)no1. The molecule has 0 saturated heterocycles. The van der Waals surface area contributed by atoms with Crippen LogP contribution in [0.1, 0.15) is 22.9 Å². The Morgan fingerprint density at radius 1 is 1.53 bits per heavy atom. The Hall–Kier alpha value is -2.45. The lowest BCUT2D eigenvalue weighted by Crippen LogP contribution is -2.43. The fourth-order valence-electron chi connectivity index (χ4n) is 1.02. The molecule has 0 bridgehead atoms. The normalized spacial score (nSPS) is 11.8. The molecule has 0 spiro atoms. The van der Waals surface area contributed by atoms with Gasteiger partial charge in [0.25, 0.3) is 11.7 Å². The molecule has 1 aromatic rings. The van der Waals surface area contributed by atoms with Gasteiger partial charge in [-0.3, -0.25) is 9.59 Å². The Morgan fingerprint density at radius 2 is 2.18 bits per heavy atom. The number of nitrogens with zero attached hydrogens (tertiary/aromatic N) is 2. The first-order valence-corrected chi connectivity index (χ1v) is 4.52. The number of nitrogens with one attached hydrogen (secondary N) is 1. The molecule has 4 N–H and O–H groups in total. The first-order chi connectivity index (χ1) is 7.90. The minimum atomic E-state index is -1.42. The largest absolute Gasteiger partial charge is 0.480 e. The number of rotatable bonds is 5. The van der Waals surface area contributed by atoms with Crippen LogP contribution >= 0.6 is 0 Å². The molecule has 1 aromatic heterocycles. The molecule has 0 radical (unpaired) electrons. The molecular weight excluding hydrogens is 232 g/mol. The summed E-state index contributed by atoms with van der Waals surface area (Å²) in [6.45, 7) is 1.47. The van der Waals surface area contributed by atoms with E-state index in [2.05, 4.69) is 20.0 Å². The number of aliphatic carboxylic acids is 1. The maximum Gasteiger partial charge on any atom is 0.326 e. The minimum absolute atomic E-state index is 0.164. The van der Waals surface area contributed by atoms with Crippen LogP contribution in [0.2, 0.25) is 0 Å². The highest BCUT2D eigenvalue weighted by Crippen LogP contribution is 1.98. The Balaban J connectivity index is 2.70. The molecule has 9 nitrogen and oxygen atoms in total. The van der Waals surface area contributed by atoms with E-state index in [4.69, 9.17) is 10.8 Å². The van der Waals surface area contributed by atoms with Crippen LogP contribution in [0.25, 0.3) is 0 Å². The number of aryl methyl sites for hydroxylation is 1. The number of carbonyl (C=O) groups excluding carboxylic acids is 2. The predicted molar refractivity (Wildman–Crippen MR) is 51.7 cm³/mol. The summed E-state index contributed by atoms with van der Waals surface area (Å²) in [4.78, 5) is 36.4. The van der Waals surface area contributed by atoms with Gasteiger partial charge in [-0.15, -0.1) is 0 Å². The first-order valence-electron chi connectivity index (χ1n) is 4.52. The van der Waals surface area contributed by atoms with Gasteiger partial charge in [-0.25, -0.2) is 4.79 Å². The summed E-state index contributed by atoms with van der Waals surface area (Å²) in [5.74, 6) is -3.22. The van der Waals surface area contributed by atoms with Crippen molar-refractivity contribution >= 4 is 17.8 Å². The van der Waals surface area contributed by atoms with Crippen molar-refractivity contribution < 1.29 is 24.0 Å². The summed E-state index contributed by atoms with van der Waals surface area (Å²) >= 11 is 0. The standard InChI is InChI=1S/C8H10N4O5/c1-3-10-6(12-17-3)7(14)11-4(8(15)16)2-5(9)13/h4H,2H2,1H3,(H2,9,13)(H,11,14)(H,15,16)/t4-/m0/s1. The monoisotopic (exact) mass is 242 g/mol. The minimum Gasteiger partial charge on any atom is -0.480 e. The van der Waals surface area contributed by atoms with E-state index in [0.29, 0.717) is 0 Å². The summed E-state index contributed by atoms with van der Waals surface area (Å²) in [7, 11) is 0. The molecule has 0 aliphatic rings. The number of hydrogen-bond donors (Lipinski definition) is 3. The second-order valence-corrected chi connectivity index (χ2v) is 3.17. The molecule has 0 aliphatic heterocycles. The average Bonchev–Trinajstić information content (AvgIpc) is 2.63. The van der Waals surface area contributed by atoms with E-state index >= 15 is 0 Å². The molecule has 17 heavy (non-hydrogen) atoms. The Kier molecular flexibility index (Phi) is 3.75. The van der Waals surface area contributed by atoms with Crippen LogP contribution in [0.15, 0.2) is 4.52 Å². The first kappa shape index (κ1) is 12.6. The van der Waals surface area contributed by atoms with E-state index in [1.807, 2.05) is 0 Å². The number of nitrogens with two attached hydrogens (primary N) is 1. The van der Waals surface area contributed by atoms with Gasteiger partial charge in [0.05, 0.1) is 6.42 Å². The topological polar surface area (TPSA) is 148 Å². The molecule has 2 amide bonds. The van der Waals surface area contributed by atoms with E-state index in [9.17, 15) is 14.4 Å². The van der Waals surface area contributed by atoms with Crippen molar-refractivity contribution in [3.05, 3.63) is 11.7 Å². The van der Waals surface area contributed by atoms with Crippen molar-refractivity contribution in [3.63, 3.8) is 0 Å². The van der Waals surface area contributed by atoms with E-state index in [1.165, 1.54) is 6.92 Å². The summed E-state index contributed by atoms with van der Waals surface area (Å²) in [5, 5.41) is 14.1. The van der Waals surface area contributed by atoms with Crippen LogP contribution in [0.5, 0.6) is 0 Å². The molecule has 0 aliphatic carbocycles. The third kappa shape index (κ3) is 3.55. The van der Waals surface area contributed by atoms with Crippen LogP contribution in [-0.2, 0) is 9.59 Å². The van der Waals surface area contributed by atoms with E-state index in [0.717, 1.165) is 0 Å². The lowest BCUT2D eigenvalue weighted by atomic mass is 10.2. The second kappa shape index (κ2) is 5.05. The fourth-order valence-corrected chi connectivity index (χ4v) is 1.02. The quantitative estimate of drug-likeness (QED) is 0.565. The molecule has 1 atom stereocenters. The van der Waals surface area contributed by atoms with Crippen LogP contribution in [0.3, 0.4) is 0 Å². The van der Waals surface area contributed by atoms with E-state index in [-0.39, 0.29) is 11.7 Å². The summed E-state index contributed by atoms with van der Waals surface area (Å²) in [6.07, 6.45) is -0.516. The number of aromatic nitrogens is 2. The van der Waals surface area contributed by atoms with Gasteiger partial charge in [0.2, 0.25) is 11.8 Å². The van der Waals surface area contributed by atoms with Crippen molar-refractivity contribution in [2.45, 2.75) is 19.4 Å². The van der Waals surface area contributed by atoms with Gasteiger partial charge in [-0.05, 0) is 0 Å². The summed E-state index contributed by atoms with van der Waals surface area (Å²) < 4.78 is 4.55. The molecule has 92 valence electrons. The lowest BCUT2D eigenvalue weighted by molar-refractivity contribution is -0.140. The van der Waals surface area contributed by atoms with Gasteiger partial charge in [0.1, 0.15) is 6.04 Å².